The van der Waals surface area contributed by atoms with Crippen LogP contribution in [0.5, 0.6) is 0 Å². The van der Waals surface area contributed by atoms with Crippen LogP contribution in [0.1, 0.15) is 13.3 Å². The lowest BCUT2D eigenvalue weighted by molar-refractivity contribution is 0.147. The third-order valence-corrected chi connectivity index (χ3v) is 2.33. The largest absolute Gasteiger partial charge is 0.382 e. The van der Waals surface area contributed by atoms with Crippen LogP contribution < -0.4 is 16.6 Å². The normalized spacial score (nSPS) is 10.5. The molecule has 0 aliphatic heterocycles. The molecule has 2 heterocycles. The fraction of sp³-hybridized carbons (Fsp3) is 0.500. The van der Waals surface area contributed by atoms with E-state index in [0.717, 1.165) is 6.42 Å². The highest BCUT2D eigenvalue weighted by molar-refractivity contribution is 5.36. The van der Waals surface area contributed by atoms with Gasteiger partial charge in [0.2, 0.25) is 11.9 Å². The van der Waals surface area contributed by atoms with E-state index in [1.807, 2.05) is 6.92 Å². The predicted octanol–water partition coefficient (Wildman–Crippen LogP) is -0.424. The first-order valence-electron chi connectivity index (χ1n) is 6.22. The summed E-state index contributed by atoms with van der Waals surface area (Å²) < 4.78 is 6.68. The average molecular weight is 279 g/mol. The number of hydrazine groups is 1. The highest BCUT2D eigenvalue weighted by Crippen LogP contribution is 2.07. The van der Waals surface area contributed by atoms with Gasteiger partial charge >= 0.3 is 0 Å². The van der Waals surface area contributed by atoms with Gasteiger partial charge in [0.1, 0.15) is 12.7 Å². The molecule has 0 unspecified atom stereocenters. The zero-order valence-corrected chi connectivity index (χ0v) is 11.2. The van der Waals surface area contributed by atoms with Crippen molar-refractivity contribution in [2.24, 2.45) is 5.84 Å². The minimum Gasteiger partial charge on any atom is -0.382 e. The Kier molecular flexibility index (Phi) is 5.15. The lowest BCUT2D eigenvalue weighted by Gasteiger charge is -2.08. The lowest BCUT2D eigenvalue weighted by atomic mass is 10.4. The molecule has 10 nitrogen and oxygen atoms in total. The van der Waals surface area contributed by atoms with E-state index in [1.165, 1.54) is 17.3 Å². The maximum absolute atomic E-state index is 5.34. The molecule has 0 bridgehead atoms. The fourth-order valence-electron chi connectivity index (χ4n) is 1.44. The predicted molar refractivity (Wildman–Crippen MR) is 72.2 cm³/mol. The van der Waals surface area contributed by atoms with Crippen LogP contribution in [0.25, 0.3) is 5.95 Å². The number of nitrogen functional groups attached to an aromatic ring is 1. The topological polar surface area (TPSA) is 129 Å². The summed E-state index contributed by atoms with van der Waals surface area (Å²) in [6.07, 6.45) is 3.74. The van der Waals surface area contributed by atoms with Crippen LogP contribution in [0.4, 0.5) is 11.9 Å². The molecule has 0 fully saturated rings. The summed E-state index contributed by atoms with van der Waals surface area (Å²) in [5, 5.41) is 7.04. The van der Waals surface area contributed by atoms with Crippen LogP contribution in [0, 0.1) is 0 Å². The second-order valence-electron chi connectivity index (χ2n) is 3.74. The molecular weight excluding hydrogens is 262 g/mol. The highest BCUT2D eigenvalue weighted by atomic mass is 16.5. The summed E-state index contributed by atoms with van der Waals surface area (Å²) in [5.74, 6) is 6.33. The van der Waals surface area contributed by atoms with Gasteiger partial charge in [-0.3, -0.25) is 5.43 Å². The van der Waals surface area contributed by atoms with Crippen molar-refractivity contribution in [1.29, 1.82) is 0 Å². The van der Waals surface area contributed by atoms with E-state index in [9.17, 15) is 0 Å². The molecule has 2 aromatic heterocycles. The van der Waals surface area contributed by atoms with Gasteiger partial charge < -0.3 is 10.1 Å². The molecule has 20 heavy (non-hydrogen) atoms. The maximum Gasteiger partial charge on any atom is 0.258 e. The van der Waals surface area contributed by atoms with Gasteiger partial charge in [0.25, 0.3) is 5.95 Å². The number of rotatable bonds is 8. The average Bonchev–Trinajstić information content (AvgIpc) is 3.01. The van der Waals surface area contributed by atoms with Crippen LogP contribution in [0.15, 0.2) is 12.7 Å². The Balaban J connectivity index is 2.03. The lowest BCUT2D eigenvalue weighted by Crippen LogP contribution is -2.16. The number of hydrogen-bond donors (Lipinski definition) is 3. The van der Waals surface area contributed by atoms with Crippen LogP contribution in [0.2, 0.25) is 0 Å². The summed E-state index contributed by atoms with van der Waals surface area (Å²) in [5.41, 5.74) is 2.39. The van der Waals surface area contributed by atoms with Gasteiger partial charge in [-0.15, -0.1) is 0 Å². The quantitative estimate of drug-likeness (QED) is 0.335. The molecule has 0 spiro atoms. The maximum atomic E-state index is 5.34. The summed E-state index contributed by atoms with van der Waals surface area (Å²) in [4.78, 5) is 16.3. The van der Waals surface area contributed by atoms with Crippen molar-refractivity contribution < 1.29 is 4.74 Å². The smallest absolute Gasteiger partial charge is 0.258 e. The van der Waals surface area contributed by atoms with Gasteiger partial charge in [-0.1, -0.05) is 0 Å². The molecule has 0 amide bonds. The zero-order chi connectivity index (χ0) is 14.2. The first-order valence-corrected chi connectivity index (χ1v) is 6.22. The molecule has 10 heteroatoms. The summed E-state index contributed by atoms with van der Waals surface area (Å²) in [6, 6.07) is 0. The molecular formula is C10H17N9O. The number of nitrogens with zero attached hydrogens (tertiary/aromatic N) is 6. The van der Waals surface area contributed by atoms with E-state index in [0.29, 0.717) is 31.7 Å². The van der Waals surface area contributed by atoms with Gasteiger partial charge in [0, 0.05) is 19.8 Å². The van der Waals surface area contributed by atoms with Crippen molar-refractivity contribution in [3.63, 3.8) is 0 Å². The van der Waals surface area contributed by atoms with E-state index in [1.54, 1.807) is 0 Å². The van der Waals surface area contributed by atoms with E-state index in [4.69, 9.17) is 10.6 Å². The minimum absolute atomic E-state index is 0.248. The first kappa shape index (κ1) is 14.1. The standard InChI is InChI=1S/C10H17N9O/c1-2-20-5-3-4-13-8-15-9(18-11)17-10(16-8)19-7-12-6-14-19/h6-7H,2-5,11H2,1H3,(H2,13,15,16,17,18). The Hall–Kier alpha value is -2.33. The molecule has 2 aromatic rings. The third kappa shape index (κ3) is 3.83. The van der Waals surface area contributed by atoms with Crippen molar-refractivity contribution in [3.05, 3.63) is 12.7 Å². The number of ether oxygens (including phenoxy) is 1. The monoisotopic (exact) mass is 279 g/mol. The summed E-state index contributed by atoms with van der Waals surface area (Å²) in [7, 11) is 0. The van der Waals surface area contributed by atoms with E-state index in [-0.39, 0.29) is 5.95 Å². The number of hydrogen-bond acceptors (Lipinski definition) is 9. The van der Waals surface area contributed by atoms with E-state index in [2.05, 4.69) is 35.8 Å². The SMILES string of the molecule is CCOCCCNc1nc(NN)nc(-n2cncn2)n1. The number of nitrogens with two attached hydrogens (primary N) is 1. The fourth-order valence-corrected chi connectivity index (χ4v) is 1.44. The van der Waals surface area contributed by atoms with Crippen molar-refractivity contribution in [2.45, 2.75) is 13.3 Å². The second kappa shape index (κ2) is 7.31. The van der Waals surface area contributed by atoms with Gasteiger partial charge in [-0.25, -0.2) is 10.8 Å². The molecule has 0 radical (unpaired) electrons. The van der Waals surface area contributed by atoms with Crippen molar-refractivity contribution in [2.75, 3.05) is 30.5 Å². The summed E-state index contributed by atoms with van der Waals surface area (Å²) in [6.45, 7) is 4.05. The number of aromatic nitrogens is 6. The molecule has 0 aliphatic rings. The van der Waals surface area contributed by atoms with E-state index < -0.39 is 0 Å². The van der Waals surface area contributed by atoms with Crippen LogP contribution >= 0.6 is 0 Å². The molecule has 0 aromatic carbocycles. The Bertz CT molecular complexity index is 515. The number of anilines is 2. The van der Waals surface area contributed by atoms with Crippen molar-refractivity contribution >= 4 is 11.9 Å². The Morgan fingerprint density at radius 3 is 2.85 bits per heavy atom. The van der Waals surface area contributed by atoms with Crippen molar-refractivity contribution in [1.82, 2.24) is 29.7 Å². The molecule has 2 rings (SSSR count). The second-order valence-corrected chi connectivity index (χ2v) is 3.74. The third-order valence-electron chi connectivity index (χ3n) is 2.33. The summed E-state index contributed by atoms with van der Waals surface area (Å²) >= 11 is 0. The Morgan fingerprint density at radius 1 is 1.30 bits per heavy atom. The number of nitrogens with one attached hydrogen (secondary N) is 2. The molecule has 108 valence electrons. The zero-order valence-electron chi connectivity index (χ0n) is 11.2. The van der Waals surface area contributed by atoms with Crippen LogP contribution in [-0.2, 0) is 4.74 Å². The van der Waals surface area contributed by atoms with Gasteiger partial charge in [-0.2, -0.15) is 24.7 Å². The van der Waals surface area contributed by atoms with E-state index >= 15 is 0 Å². The Labute approximate surface area is 115 Å². The first-order chi connectivity index (χ1) is 9.83. The van der Waals surface area contributed by atoms with Gasteiger partial charge in [-0.05, 0) is 13.3 Å². The highest BCUT2D eigenvalue weighted by Gasteiger charge is 2.07. The molecule has 0 saturated heterocycles. The van der Waals surface area contributed by atoms with Crippen LogP contribution in [-0.4, -0.2) is 49.5 Å². The molecule has 0 saturated carbocycles. The minimum atomic E-state index is 0.248. The molecule has 0 aliphatic carbocycles. The van der Waals surface area contributed by atoms with Crippen molar-refractivity contribution in [3.8, 4) is 5.95 Å². The molecule has 0 atom stereocenters. The molecule has 4 N–H and O–H groups in total. The van der Waals surface area contributed by atoms with Crippen LogP contribution in [0.3, 0.4) is 0 Å². The van der Waals surface area contributed by atoms with Gasteiger partial charge in [0.15, 0.2) is 0 Å². The van der Waals surface area contributed by atoms with Gasteiger partial charge in [0.05, 0.1) is 0 Å². The Morgan fingerprint density at radius 2 is 2.15 bits per heavy atom.